The van der Waals surface area contributed by atoms with Gasteiger partial charge in [-0.1, -0.05) is 18.2 Å². The highest BCUT2D eigenvalue weighted by Crippen LogP contribution is 2.22. The van der Waals surface area contributed by atoms with Crippen molar-refractivity contribution in [2.75, 3.05) is 39.5 Å². The van der Waals surface area contributed by atoms with Crippen molar-refractivity contribution in [3.8, 4) is 0 Å². The van der Waals surface area contributed by atoms with Crippen LogP contribution in [0.25, 0.3) is 17.0 Å². The molecule has 0 atom stereocenters. The van der Waals surface area contributed by atoms with Gasteiger partial charge < -0.3 is 24.6 Å². The molecule has 1 N–H and O–H groups in total. The highest BCUT2D eigenvalue weighted by Gasteiger charge is 2.23. The summed E-state index contributed by atoms with van der Waals surface area (Å²) in [5.41, 5.74) is 4.42. The Balaban J connectivity index is 1.42. The Morgan fingerprint density at radius 3 is 2.73 bits per heavy atom. The standard InChI is InChI=1S/C25H30N6O2/c1-28(2)13-14-31-17-22-21(27-25(31)33)11-9-19(26-22)10-12-24(32)29(3)16-20-15-18-7-5-6-8-23(18)30(20)4/h5-12,15H,13-14,16-17H2,1-4H3,(H,27,33). The summed E-state index contributed by atoms with van der Waals surface area (Å²) in [6.45, 7) is 2.36. The molecule has 172 valence electrons. The van der Waals surface area contributed by atoms with Crippen molar-refractivity contribution in [3.05, 3.63) is 65.6 Å². The molecule has 2 aromatic heterocycles. The first-order chi connectivity index (χ1) is 15.8. The maximum atomic E-state index is 12.7. The van der Waals surface area contributed by atoms with Gasteiger partial charge in [-0.3, -0.25) is 4.79 Å². The number of para-hydroxylation sites is 1. The predicted molar refractivity (Wildman–Crippen MR) is 131 cm³/mol. The first-order valence-electron chi connectivity index (χ1n) is 11.0. The number of aryl methyl sites for hydroxylation is 1. The number of pyridine rings is 1. The number of nitrogens with zero attached hydrogens (tertiary/aromatic N) is 5. The van der Waals surface area contributed by atoms with Crippen LogP contribution in [-0.2, 0) is 24.9 Å². The number of carbonyl (C=O) groups is 2. The second kappa shape index (κ2) is 9.46. The molecule has 8 heteroatoms. The van der Waals surface area contributed by atoms with Gasteiger partial charge in [-0.2, -0.15) is 0 Å². The number of hydrogen-bond donors (Lipinski definition) is 1. The van der Waals surface area contributed by atoms with Gasteiger partial charge in [0.2, 0.25) is 5.91 Å². The fraction of sp³-hybridized carbons (Fsp3) is 0.320. The Labute approximate surface area is 194 Å². The molecule has 33 heavy (non-hydrogen) atoms. The van der Waals surface area contributed by atoms with E-state index in [2.05, 4.69) is 33.1 Å². The smallest absolute Gasteiger partial charge is 0.322 e. The predicted octanol–water partition coefficient (Wildman–Crippen LogP) is 3.15. The van der Waals surface area contributed by atoms with Crippen LogP contribution in [-0.4, -0.2) is 70.4 Å². The number of benzene rings is 1. The number of nitrogens with one attached hydrogen (secondary N) is 1. The largest absolute Gasteiger partial charge is 0.346 e. The Hall–Kier alpha value is -3.65. The summed E-state index contributed by atoms with van der Waals surface area (Å²) in [5, 5.41) is 4.06. The van der Waals surface area contributed by atoms with Crippen LogP contribution in [0, 0.1) is 0 Å². The van der Waals surface area contributed by atoms with Gasteiger partial charge in [0, 0.05) is 44.5 Å². The zero-order chi connectivity index (χ0) is 23.5. The van der Waals surface area contributed by atoms with Crippen molar-refractivity contribution < 1.29 is 9.59 Å². The fourth-order valence-electron chi connectivity index (χ4n) is 3.90. The Morgan fingerprint density at radius 2 is 1.97 bits per heavy atom. The van der Waals surface area contributed by atoms with E-state index in [1.165, 1.54) is 0 Å². The minimum absolute atomic E-state index is 0.0966. The Morgan fingerprint density at radius 1 is 1.18 bits per heavy atom. The number of rotatable bonds is 7. The van der Waals surface area contributed by atoms with Gasteiger partial charge in [0.1, 0.15) is 0 Å². The van der Waals surface area contributed by atoms with Crippen molar-refractivity contribution >= 4 is 34.6 Å². The summed E-state index contributed by atoms with van der Waals surface area (Å²) < 4.78 is 2.12. The van der Waals surface area contributed by atoms with E-state index < -0.39 is 0 Å². The molecule has 1 aliphatic heterocycles. The third kappa shape index (κ3) is 5.06. The highest BCUT2D eigenvalue weighted by atomic mass is 16.2. The van der Waals surface area contributed by atoms with Gasteiger partial charge in [-0.15, -0.1) is 0 Å². The number of likely N-dealkylation sites (N-methyl/N-ethyl adjacent to an activating group) is 2. The molecule has 4 rings (SSSR count). The molecule has 0 saturated heterocycles. The van der Waals surface area contributed by atoms with Crippen molar-refractivity contribution in [2.24, 2.45) is 7.05 Å². The molecule has 0 saturated carbocycles. The molecule has 0 aliphatic carbocycles. The Kier molecular flexibility index (Phi) is 6.46. The second-order valence-electron chi connectivity index (χ2n) is 8.67. The maximum absolute atomic E-state index is 12.7. The normalized spacial score (nSPS) is 13.6. The first kappa shape index (κ1) is 22.5. The van der Waals surface area contributed by atoms with E-state index in [1.54, 1.807) is 29.0 Å². The highest BCUT2D eigenvalue weighted by molar-refractivity contribution is 5.93. The van der Waals surface area contributed by atoms with E-state index in [4.69, 9.17) is 0 Å². The van der Waals surface area contributed by atoms with Crippen molar-refractivity contribution in [3.63, 3.8) is 0 Å². The fourth-order valence-corrected chi connectivity index (χ4v) is 3.90. The molecule has 3 heterocycles. The van der Waals surface area contributed by atoms with Gasteiger partial charge in [0.25, 0.3) is 0 Å². The molecule has 3 amide bonds. The van der Waals surface area contributed by atoms with E-state index >= 15 is 0 Å². The van der Waals surface area contributed by atoms with E-state index in [0.717, 1.165) is 34.5 Å². The lowest BCUT2D eigenvalue weighted by atomic mass is 10.2. The lowest BCUT2D eigenvalue weighted by molar-refractivity contribution is -0.125. The van der Waals surface area contributed by atoms with Gasteiger partial charge in [0.05, 0.1) is 30.2 Å². The van der Waals surface area contributed by atoms with Crippen molar-refractivity contribution in [1.29, 1.82) is 0 Å². The zero-order valence-electron chi connectivity index (χ0n) is 19.6. The molecule has 1 aromatic carbocycles. The third-order valence-corrected chi connectivity index (χ3v) is 5.91. The van der Waals surface area contributed by atoms with Crippen LogP contribution in [0.3, 0.4) is 0 Å². The lowest BCUT2D eigenvalue weighted by Crippen LogP contribution is -2.42. The molecular weight excluding hydrogens is 416 g/mol. The number of amides is 3. The number of hydrogen-bond acceptors (Lipinski definition) is 4. The van der Waals surface area contributed by atoms with Crippen LogP contribution < -0.4 is 5.32 Å². The van der Waals surface area contributed by atoms with E-state index in [0.29, 0.717) is 25.3 Å². The first-order valence-corrected chi connectivity index (χ1v) is 11.0. The van der Waals surface area contributed by atoms with Crippen LogP contribution in [0.4, 0.5) is 10.5 Å². The minimum Gasteiger partial charge on any atom is -0.346 e. The summed E-state index contributed by atoms with van der Waals surface area (Å²) in [4.78, 5) is 35.1. The molecule has 8 nitrogen and oxygen atoms in total. The Bertz CT molecular complexity index is 1210. The molecule has 0 radical (unpaired) electrons. The van der Waals surface area contributed by atoms with E-state index in [9.17, 15) is 9.59 Å². The van der Waals surface area contributed by atoms with Gasteiger partial charge in [0.15, 0.2) is 0 Å². The van der Waals surface area contributed by atoms with Crippen molar-refractivity contribution in [1.82, 2.24) is 24.3 Å². The van der Waals surface area contributed by atoms with Gasteiger partial charge >= 0.3 is 6.03 Å². The minimum atomic E-state index is -0.111. The van der Waals surface area contributed by atoms with Crippen molar-refractivity contribution in [2.45, 2.75) is 13.1 Å². The molecule has 0 bridgehead atoms. The zero-order valence-corrected chi connectivity index (χ0v) is 19.6. The topological polar surface area (TPSA) is 73.7 Å². The SMILES string of the molecule is CN(C)CCN1Cc2nc(C=CC(=O)N(C)Cc3cc4ccccc4n3C)ccc2NC1=O. The summed E-state index contributed by atoms with van der Waals surface area (Å²) in [5.74, 6) is -0.0966. The quantitative estimate of drug-likeness (QED) is 0.566. The summed E-state index contributed by atoms with van der Waals surface area (Å²) in [6.07, 6.45) is 3.27. The number of fused-ring (bicyclic) bond motifs is 2. The average molecular weight is 447 g/mol. The summed E-state index contributed by atoms with van der Waals surface area (Å²) >= 11 is 0. The number of carbonyl (C=O) groups excluding carboxylic acids is 2. The lowest BCUT2D eigenvalue weighted by Gasteiger charge is -2.29. The van der Waals surface area contributed by atoms with E-state index in [1.807, 2.05) is 50.3 Å². The molecule has 0 fully saturated rings. The summed E-state index contributed by atoms with van der Waals surface area (Å²) in [6, 6.07) is 13.8. The molecule has 0 unspecified atom stereocenters. The molecule has 0 spiro atoms. The maximum Gasteiger partial charge on any atom is 0.322 e. The van der Waals surface area contributed by atoms with Gasteiger partial charge in [-0.05, 0) is 49.8 Å². The molecule has 1 aliphatic rings. The number of urea groups is 1. The monoisotopic (exact) mass is 446 g/mol. The second-order valence-corrected chi connectivity index (χ2v) is 8.67. The van der Waals surface area contributed by atoms with Crippen LogP contribution >= 0.6 is 0 Å². The summed E-state index contributed by atoms with van der Waals surface area (Å²) in [7, 11) is 7.77. The van der Waals surface area contributed by atoms with Crippen LogP contribution in [0.15, 0.2) is 48.5 Å². The van der Waals surface area contributed by atoms with Crippen LogP contribution in [0.5, 0.6) is 0 Å². The molecule has 3 aromatic rings. The third-order valence-electron chi connectivity index (χ3n) is 5.91. The van der Waals surface area contributed by atoms with E-state index in [-0.39, 0.29) is 11.9 Å². The van der Waals surface area contributed by atoms with Gasteiger partial charge in [-0.25, -0.2) is 9.78 Å². The van der Waals surface area contributed by atoms with Crippen LogP contribution in [0.1, 0.15) is 17.1 Å². The number of anilines is 1. The number of aromatic nitrogens is 2. The molecular formula is C25H30N6O2. The van der Waals surface area contributed by atoms with Crippen LogP contribution in [0.2, 0.25) is 0 Å². The average Bonchev–Trinajstić information content (AvgIpc) is 3.11.